The number of hydrogen-bond donors (Lipinski definition) is 1. The zero-order valence-electron chi connectivity index (χ0n) is 14.2. The maximum atomic E-state index is 12.0. The van der Waals surface area contributed by atoms with E-state index in [-0.39, 0.29) is 12.5 Å². The minimum absolute atomic E-state index is 0.0205. The molecule has 0 aliphatic heterocycles. The summed E-state index contributed by atoms with van der Waals surface area (Å²) in [6, 6.07) is 15.6. The normalized spacial score (nSPS) is 10.7. The molecule has 3 aromatic rings. The van der Waals surface area contributed by atoms with Gasteiger partial charge in [0.05, 0.1) is 5.02 Å². The van der Waals surface area contributed by atoms with Gasteiger partial charge in [-0.3, -0.25) is 4.79 Å². The number of hydrogen-bond acceptors (Lipinski definition) is 5. The quantitative estimate of drug-likeness (QED) is 0.497. The smallest absolute Gasteiger partial charge is 0.243 e. The fourth-order valence-electron chi connectivity index (χ4n) is 2.24. The molecule has 0 radical (unpaired) electrons. The van der Waals surface area contributed by atoms with Crippen molar-refractivity contribution in [3.8, 4) is 11.4 Å². The molecule has 1 N–H and O–H groups in total. The molecule has 0 aliphatic rings. The van der Waals surface area contributed by atoms with Crippen molar-refractivity contribution in [2.75, 3.05) is 12.3 Å². The number of carbonyl (C=O) groups excluding carboxylic acids is 1. The summed E-state index contributed by atoms with van der Waals surface area (Å²) in [6.07, 6.45) is 0. The van der Waals surface area contributed by atoms with Gasteiger partial charge in [0.1, 0.15) is 6.54 Å². The number of thioether (sulfide) groups is 1. The Morgan fingerprint density at radius 1 is 1.19 bits per heavy atom. The number of halogens is 1. The van der Waals surface area contributed by atoms with Crippen LogP contribution in [0.2, 0.25) is 5.02 Å². The molecule has 134 valence electrons. The number of benzene rings is 2. The predicted molar refractivity (Wildman–Crippen MR) is 103 cm³/mol. The van der Waals surface area contributed by atoms with E-state index in [9.17, 15) is 4.79 Å². The van der Waals surface area contributed by atoms with Crippen molar-refractivity contribution in [3.63, 3.8) is 0 Å². The van der Waals surface area contributed by atoms with Gasteiger partial charge in [-0.1, -0.05) is 41.4 Å². The Hall–Kier alpha value is -2.38. The molecule has 1 heterocycles. The molecule has 1 aromatic heterocycles. The SMILES string of the molecule is Cc1ccc(SCCNC(=O)Cn2nnc(-c3ccccc3Cl)n2)cc1. The Balaban J connectivity index is 1.45. The number of tetrazole rings is 1. The highest BCUT2D eigenvalue weighted by atomic mass is 35.5. The topological polar surface area (TPSA) is 72.7 Å². The summed E-state index contributed by atoms with van der Waals surface area (Å²) in [5.74, 6) is 1.04. The van der Waals surface area contributed by atoms with Crippen molar-refractivity contribution in [3.05, 3.63) is 59.1 Å². The first-order valence-corrected chi connectivity index (χ1v) is 9.47. The third-order valence-electron chi connectivity index (χ3n) is 3.57. The second-order valence-electron chi connectivity index (χ2n) is 5.63. The van der Waals surface area contributed by atoms with Crippen molar-refractivity contribution < 1.29 is 4.79 Å². The number of amides is 1. The van der Waals surface area contributed by atoms with Gasteiger partial charge in [0.25, 0.3) is 0 Å². The van der Waals surface area contributed by atoms with Crippen LogP contribution in [0.15, 0.2) is 53.4 Å². The van der Waals surface area contributed by atoms with Gasteiger partial charge < -0.3 is 5.32 Å². The fourth-order valence-corrected chi connectivity index (χ4v) is 3.23. The number of nitrogens with zero attached hydrogens (tertiary/aromatic N) is 4. The lowest BCUT2D eigenvalue weighted by Crippen LogP contribution is -2.30. The van der Waals surface area contributed by atoms with Crippen molar-refractivity contribution in [2.45, 2.75) is 18.4 Å². The van der Waals surface area contributed by atoms with Crippen LogP contribution in [0.3, 0.4) is 0 Å². The van der Waals surface area contributed by atoms with Crippen molar-refractivity contribution >= 4 is 29.3 Å². The Labute approximate surface area is 160 Å². The summed E-state index contributed by atoms with van der Waals surface area (Å²) in [6.45, 7) is 2.65. The molecule has 0 fully saturated rings. The standard InChI is InChI=1S/C18H18ClN5OS/c1-13-6-8-14(9-7-13)26-11-10-20-17(25)12-24-22-18(21-23-24)15-4-2-3-5-16(15)19/h2-9H,10-12H2,1H3,(H,20,25). The first-order chi connectivity index (χ1) is 12.6. The summed E-state index contributed by atoms with van der Waals surface area (Å²) in [5, 5.41) is 15.5. The molecule has 0 atom stereocenters. The van der Waals surface area contributed by atoms with E-state index in [0.717, 1.165) is 5.75 Å². The molecule has 8 heteroatoms. The van der Waals surface area contributed by atoms with Gasteiger partial charge >= 0.3 is 0 Å². The lowest BCUT2D eigenvalue weighted by molar-refractivity contribution is -0.121. The maximum Gasteiger partial charge on any atom is 0.243 e. The number of carbonyl (C=O) groups is 1. The summed E-state index contributed by atoms with van der Waals surface area (Å²) in [4.78, 5) is 14.5. The molecule has 1 amide bonds. The fraction of sp³-hybridized carbons (Fsp3) is 0.222. The van der Waals surface area contributed by atoms with Crippen LogP contribution in [0, 0.1) is 6.92 Å². The first-order valence-electron chi connectivity index (χ1n) is 8.11. The molecule has 0 unspecified atom stereocenters. The Morgan fingerprint density at radius 3 is 2.73 bits per heavy atom. The molecule has 0 spiro atoms. The Morgan fingerprint density at radius 2 is 1.96 bits per heavy atom. The van der Waals surface area contributed by atoms with E-state index in [1.54, 1.807) is 17.8 Å². The number of aryl methyl sites for hydroxylation is 1. The lowest BCUT2D eigenvalue weighted by atomic mass is 10.2. The number of aromatic nitrogens is 4. The molecule has 0 bridgehead atoms. The van der Waals surface area contributed by atoms with Crippen LogP contribution in [-0.4, -0.2) is 38.4 Å². The van der Waals surface area contributed by atoms with E-state index in [1.165, 1.54) is 15.3 Å². The molecule has 2 aromatic carbocycles. The number of rotatable bonds is 7. The predicted octanol–water partition coefficient (Wildman–Crippen LogP) is 3.21. The van der Waals surface area contributed by atoms with Crippen LogP contribution in [-0.2, 0) is 11.3 Å². The van der Waals surface area contributed by atoms with E-state index in [4.69, 9.17) is 11.6 Å². The van der Waals surface area contributed by atoms with Crippen LogP contribution in [0.1, 0.15) is 5.56 Å². The van der Waals surface area contributed by atoms with E-state index in [1.807, 2.05) is 18.2 Å². The van der Waals surface area contributed by atoms with Gasteiger partial charge in [0.2, 0.25) is 11.7 Å². The minimum atomic E-state index is -0.155. The van der Waals surface area contributed by atoms with E-state index in [0.29, 0.717) is 23.0 Å². The molecule has 26 heavy (non-hydrogen) atoms. The highest BCUT2D eigenvalue weighted by molar-refractivity contribution is 7.99. The van der Waals surface area contributed by atoms with Crippen molar-refractivity contribution in [2.24, 2.45) is 0 Å². The molecule has 3 rings (SSSR count). The highest BCUT2D eigenvalue weighted by Crippen LogP contribution is 2.23. The monoisotopic (exact) mass is 387 g/mol. The van der Waals surface area contributed by atoms with Gasteiger partial charge in [-0.05, 0) is 36.4 Å². The summed E-state index contributed by atoms with van der Waals surface area (Å²) < 4.78 is 0. The highest BCUT2D eigenvalue weighted by Gasteiger charge is 2.11. The molecular weight excluding hydrogens is 370 g/mol. The Bertz CT molecular complexity index is 881. The molecular formula is C18H18ClN5OS. The van der Waals surface area contributed by atoms with E-state index in [2.05, 4.69) is 51.9 Å². The molecule has 0 aliphatic carbocycles. The van der Waals surface area contributed by atoms with Gasteiger partial charge in [-0.25, -0.2) is 0 Å². The average molecular weight is 388 g/mol. The third-order valence-corrected chi connectivity index (χ3v) is 4.91. The maximum absolute atomic E-state index is 12.0. The summed E-state index contributed by atoms with van der Waals surface area (Å²) >= 11 is 7.82. The number of nitrogens with one attached hydrogen (secondary N) is 1. The molecule has 6 nitrogen and oxygen atoms in total. The molecule has 0 saturated heterocycles. The van der Waals surface area contributed by atoms with Gasteiger partial charge in [-0.15, -0.1) is 22.0 Å². The van der Waals surface area contributed by atoms with Crippen LogP contribution in [0.5, 0.6) is 0 Å². The van der Waals surface area contributed by atoms with Crippen LogP contribution in [0.4, 0.5) is 0 Å². The van der Waals surface area contributed by atoms with Crippen LogP contribution < -0.4 is 5.32 Å². The van der Waals surface area contributed by atoms with Gasteiger partial charge in [-0.2, -0.15) is 4.80 Å². The Kier molecular flexibility index (Phi) is 6.25. The van der Waals surface area contributed by atoms with Crippen LogP contribution in [0.25, 0.3) is 11.4 Å². The van der Waals surface area contributed by atoms with Crippen molar-refractivity contribution in [1.82, 2.24) is 25.5 Å². The second-order valence-corrected chi connectivity index (χ2v) is 7.21. The van der Waals surface area contributed by atoms with E-state index >= 15 is 0 Å². The van der Waals surface area contributed by atoms with Crippen molar-refractivity contribution in [1.29, 1.82) is 0 Å². The second kappa shape index (κ2) is 8.82. The third kappa shape index (κ3) is 5.06. The van der Waals surface area contributed by atoms with Gasteiger partial charge in [0.15, 0.2) is 0 Å². The largest absolute Gasteiger partial charge is 0.354 e. The minimum Gasteiger partial charge on any atom is -0.354 e. The first kappa shape index (κ1) is 18.4. The van der Waals surface area contributed by atoms with Gasteiger partial charge in [0, 0.05) is 22.8 Å². The average Bonchev–Trinajstić information content (AvgIpc) is 3.09. The summed E-state index contributed by atoms with van der Waals surface area (Å²) in [5.41, 5.74) is 1.93. The zero-order valence-corrected chi connectivity index (χ0v) is 15.8. The van der Waals surface area contributed by atoms with Crippen LogP contribution >= 0.6 is 23.4 Å². The molecule has 0 saturated carbocycles. The summed E-state index contributed by atoms with van der Waals surface area (Å²) in [7, 11) is 0. The van der Waals surface area contributed by atoms with E-state index < -0.39 is 0 Å². The zero-order chi connectivity index (χ0) is 18.4. The lowest BCUT2D eigenvalue weighted by Gasteiger charge is -2.05.